The maximum absolute atomic E-state index is 9.16. The van der Waals surface area contributed by atoms with Crippen LogP contribution < -0.4 is 16.4 Å². The summed E-state index contributed by atoms with van der Waals surface area (Å²) in [4.78, 5) is 9.24. The topological polar surface area (TPSA) is 114 Å². The van der Waals surface area contributed by atoms with Crippen LogP contribution in [0.25, 0.3) is 11.1 Å². The Hall–Kier alpha value is -2.68. The predicted octanol–water partition coefficient (Wildman–Crippen LogP) is 3.41. The highest BCUT2D eigenvalue weighted by Crippen LogP contribution is 2.30. The van der Waals surface area contributed by atoms with Gasteiger partial charge in [0, 0.05) is 46.3 Å². The molecule has 0 amide bonds. The van der Waals surface area contributed by atoms with Crippen molar-refractivity contribution in [1.82, 2.24) is 19.7 Å². The van der Waals surface area contributed by atoms with Crippen LogP contribution in [0.15, 0.2) is 42.9 Å². The minimum atomic E-state index is 0.0353. The third-order valence-electron chi connectivity index (χ3n) is 5.26. The zero-order valence-corrected chi connectivity index (χ0v) is 17.4. The van der Waals surface area contributed by atoms with Crippen molar-refractivity contribution >= 4 is 29.1 Å². The Labute approximate surface area is 180 Å². The van der Waals surface area contributed by atoms with Crippen LogP contribution in [0.1, 0.15) is 25.7 Å². The van der Waals surface area contributed by atoms with Crippen LogP contribution in [0.5, 0.6) is 0 Å². The van der Waals surface area contributed by atoms with Crippen LogP contribution in [0.4, 0.5) is 17.5 Å². The van der Waals surface area contributed by atoms with Gasteiger partial charge in [0.15, 0.2) is 0 Å². The van der Waals surface area contributed by atoms with Crippen molar-refractivity contribution in [1.29, 1.82) is 0 Å². The number of nitrogens with zero attached hydrogens (tertiary/aromatic N) is 4. The van der Waals surface area contributed by atoms with E-state index in [0.29, 0.717) is 23.6 Å². The highest BCUT2D eigenvalue weighted by Gasteiger charge is 2.21. The number of aliphatic hydroxyl groups is 1. The number of halogens is 1. The number of benzene rings is 1. The molecule has 0 aliphatic heterocycles. The molecular formula is C21H26ClN7O. The van der Waals surface area contributed by atoms with Crippen molar-refractivity contribution in [3.05, 3.63) is 47.9 Å². The van der Waals surface area contributed by atoms with Gasteiger partial charge in [-0.05, 0) is 43.9 Å². The SMILES string of the molecule is NC1CCC(Nc2nc(Nc3cccc(Cl)c3)ncc2-c2cnn(CCO)c2)CC1. The molecule has 4 rings (SSSR count). The normalized spacial score (nSPS) is 18.9. The molecule has 5 N–H and O–H groups in total. The standard InChI is InChI=1S/C21H26ClN7O/c22-15-2-1-3-18(10-15)27-21-24-12-19(14-11-25-29(13-14)8-9-30)20(28-21)26-17-6-4-16(23)5-7-17/h1-3,10-13,16-17,30H,4-9,23H2,(H2,24,26,27,28). The van der Waals surface area contributed by atoms with E-state index in [1.54, 1.807) is 17.1 Å². The van der Waals surface area contributed by atoms with Crippen molar-refractivity contribution in [3.63, 3.8) is 0 Å². The number of aliphatic hydroxyl groups excluding tert-OH is 1. The fourth-order valence-electron chi connectivity index (χ4n) is 3.64. The Bertz CT molecular complexity index is 985. The molecule has 0 bridgehead atoms. The van der Waals surface area contributed by atoms with E-state index in [1.807, 2.05) is 30.5 Å². The van der Waals surface area contributed by atoms with E-state index in [2.05, 4.69) is 20.7 Å². The molecule has 9 heteroatoms. The van der Waals surface area contributed by atoms with Crippen LogP contribution in [-0.4, -0.2) is 43.5 Å². The summed E-state index contributed by atoms with van der Waals surface area (Å²) >= 11 is 6.09. The average molecular weight is 428 g/mol. The Morgan fingerprint density at radius 3 is 2.80 bits per heavy atom. The number of rotatable bonds is 7. The molecule has 0 radical (unpaired) electrons. The minimum absolute atomic E-state index is 0.0353. The highest BCUT2D eigenvalue weighted by molar-refractivity contribution is 6.30. The van der Waals surface area contributed by atoms with Gasteiger partial charge in [0.05, 0.1) is 19.3 Å². The molecule has 0 spiro atoms. The van der Waals surface area contributed by atoms with Crippen molar-refractivity contribution in [3.8, 4) is 11.1 Å². The molecule has 30 heavy (non-hydrogen) atoms. The van der Waals surface area contributed by atoms with Gasteiger partial charge in [-0.1, -0.05) is 17.7 Å². The lowest BCUT2D eigenvalue weighted by molar-refractivity contribution is 0.269. The van der Waals surface area contributed by atoms with E-state index in [-0.39, 0.29) is 12.6 Å². The molecule has 1 aliphatic carbocycles. The second-order valence-electron chi connectivity index (χ2n) is 7.56. The molecular weight excluding hydrogens is 402 g/mol. The summed E-state index contributed by atoms with van der Waals surface area (Å²) in [5, 5.41) is 20.9. The van der Waals surface area contributed by atoms with Crippen LogP contribution in [0.3, 0.4) is 0 Å². The Morgan fingerprint density at radius 1 is 1.20 bits per heavy atom. The number of hydrogen-bond donors (Lipinski definition) is 4. The fourth-order valence-corrected chi connectivity index (χ4v) is 3.83. The average Bonchev–Trinajstić information content (AvgIpc) is 3.19. The van der Waals surface area contributed by atoms with Gasteiger partial charge < -0.3 is 21.5 Å². The van der Waals surface area contributed by atoms with Crippen LogP contribution in [-0.2, 0) is 6.54 Å². The minimum Gasteiger partial charge on any atom is -0.394 e. The Morgan fingerprint density at radius 2 is 2.03 bits per heavy atom. The molecule has 8 nitrogen and oxygen atoms in total. The van der Waals surface area contributed by atoms with Gasteiger partial charge >= 0.3 is 0 Å². The molecule has 2 aromatic heterocycles. The highest BCUT2D eigenvalue weighted by atomic mass is 35.5. The second-order valence-corrected chi connectivity index (χ2v) is 8.00. The Kier molecular flexibility index (Phi) is 6.47. The summed E-state index contributed by atoms with van der Waals surface area (Å²) in [6, 6.07) is 8.03. The van der Waals surface area contributed by atoms with E-state index in [0.717, 1.165) is 48.3 Å². The predicted molar refractivity (Wildman–Crippen MR) is 119 cm³/mol. The van der Waals surface area contributed by atoms with Gasteiger partial charge in [0.25, 0.3) is 0 Å². The zero-order valence-electron chi connectivity index (χ0n) is 16.6. The van der Waals surface area contributed by atoms with Crippen molar-refractivity contribution < 1.29 is 5.11 Å². The first-order chi connectivity index (χ1) is 14.6. The van der Waals surface area contributed by atoms with E-state index >= 15 is 0 Å². The molecule has 0 unspecified atom stereocenters. The fraction of sp³-hybridized carbons (Fsp3) is 0.381. The summed E-state index contributed by atoms with van der Waals surface area (Å²) in [6.07, 6.45) is 9.45. The maximum atomic E-state index is 9.16. The summed E-state index contributed by atoms with van der Waals surface area (Å²) in [5.74, 6) is 1.23. The van der Waals surface area contributed by atoms with E-state index in [4.69, 9.17) is 27.4 Å². The Balaban J connectivity index is 1.62. The van der Waals surface area contributed by atoms with E-state index < -0.39 is 0 Å². The van der Waals surface area contributed by atoms with Gasteiger partial charge in [-0.25, -0.2) is 4.98 Å². The lowest BCUT2D eigenvalue weighted by atomic mass is 9.91. The lowest BCUT2D eigenvalue weighted by Crippen LogP contribution is -2.33. The zero-order chi connectivity index (χ0) is 20.9. The molecule has 0 saturated heterocycles. The molecule has 1 aliphatic rings. The number of nitrogens with one attached hydrogen (secondary N) is 2. The molecule has 158 valence electrons. The first-order valence-electron chi connectivity index (χ1n) is 10.2. The van der Waals surface area contributed by atoms with Crippen molar-refractivity contribution in [2.45, 2.75) is 44.3 Å². The summed E-state index contributed by atoms with van der Waals surface area (Å²) < 4.78 is 1.71. The lowest BCUT2D eigenvalue weighted by Gasteiger charge is -2.28. The smallest absolute Gasteiger partial charge is 0.229 e. The third kappa shape index (κ3) is 5.08. The molecule has 1 saturated carbocycles. The van der Waals surface area contributed by atoms with Gasteiger partial charge in [-0.15, -0.1) is 0 Å². The van der Waals surface area contributed by atoms with Crippen molar-refractivity contribution in [2.24, 2.45) is 5.73 Å². The number of aromatic nitrogens is 4. The molecule has 1 fully saturated rings. The van der Waals surface area contributed by atoms with Gasteiger partial charge in [-0.3, -0.25) is 4.68 Å². The molecule has 2 heterocycles. The van der Waals surface area contributed by atoms with Gasteiger partial charge in [-0.2, -0.15) is 10.1 Å². The quantitative estimate of drug-likeness (QED) is 0.456. The second kappa shape index (κ2) is 9.42. The van der Waals surface area contributed by atoms with E-state index in [9.17, 15) is 0 Å². The van der Waals surface area contributed by atoms with Gasteiger partial charge in [0.2, 0.25) is 5.95 Å². The van der Waals surface area contributed by atoms with Gasteiger partial charge in [0.1, 0.15) is 5.82 Å². The van der Waals surface area contributed by atoms with Crippen LogP contribution >= 0.6 is 11.6 Å². The van der Waals surface area contributed by atoms with Crippen LogP contribution in [0.2, 0.25) is 5.02 Å². The first kappa shape index (κ1) is 20.6. The first-order valence-corrected chi connectivity index (χ1v) is 10.5. The third-order valence-corrected chi connectivity index (χ3v) is 5.49. The summed E-state index contributed by atoms with van der Waals surface area (Å²) in [6.45, 7) is 0.478. The van der Waals surface area contributed by atoms with Crippen LogP contribution in [0, 0.1) is 0 Å². The largest absolute Gasteiger partial charge is 0.394 e. The maximum Gasteiger partial charge on any atom is 0.229 e. The van der Waals surface area contributed by atoms with Crippen molar-refractivity contribution in [2.75, 3.05) is 17.2 Å². The number of nitrogens with two attached hydrogens (primary N) is 1. The van der Waals surface area contributed by atoms with E-state index in [1.165, 1.54) is 0 Å². The molecule has 3 aromatic rings. The molecule has 0 atom stereocenters. The molecule has 1 aromatic carbocycles. The number of anilines is 3. The monoisotopic (exact) mass is 427 g/mol. The summed E-state index contributed by atoms with van der Waals surface area (Å²) in [5.41, 5.74) is 8.64. The number of hydrogen-bond acceptors (Lipinski definition) is 7. The summed E-state index contributed by atoms with van der Waals surface area (Å²) in [7, 11) is 0.